The lowest BCUT2D eigenvalue weighted by molar-refractivity contribution is 0.207. The SMILES string of the molecule is COCCN=C(NCCc1ccco1)N1CCC(CN2CCCC2)C1.I. The summed E-state index contributed by atoms with van der Waals surface area (Å²) in [5.41, 5.74) is 0. The van der Waals surface area contributed by atoms with Crippen LogP contribution < -0.4 is 5.32 Å². The average molecular weight is 476 g/mol. The van der Waals surface area contributed by atoms with Crippen LogP contribution in [0.5, 0.6) is 0 Å². The first-order chi connectivity index (χ1) is 12.3. The predicted octanol–water partition coefficient (Wildman–Crippen LogP) is 2.45. The topological polar surface area (TPSA) is 53.2 Å². The van der Waals surface area contributed by atoms with E-state index in [1.165, 1.54) is 38.9 Å². The number of furan rings is 1. The minimum absolute atomic E-state index is 0. The van der Waals surface area contributed by atoms with E-state index in [2.05, 4.69) is 15.1 Å². The molecular weight excluding hydrogens is 443 g/mol. The monoisotopic (exact) mass is 476 g/mol. The Balaban J connectivity index is 0.00000243. The van der Waals surface area contributed by atoms with Crippen LogP contribution in [-0.4, -0.2) is 75.3 Å². The number of nitrogens with one attached hydrogen (secondary N) is 1. The van der Waals surface area contributed by atoms with E-state index in [4.69, 9.17) is 14.1 Å². The molecule has 26 heavy (non-hydrogen) atoms. The number of hydrogen-bond donors (Lipinski definition) is 1. The number of nitrogens with zero attached hydrogens (tertiary/aromatic N) is 3. The highest BCUT2D eigenvalue weighted by Gasteiger charge is 2.27. The summed E-state index contributed by atoms with van der Waals surface area (Å²) in [4.78, 5) is 9.78. The fourth-order valence-corrected chi connectivity index (χ4v) is 3.77. The number of ether oxygens (including phenoxy) is 1. The van der Waals surface area contributed by atoms with E-state index in [0.717, 1.165) is 43.7 Å². The van der Waals surface area contributed by atoms with Crippen molar-refractivity contribution in [3.05, 3.63) is 24.2 Å². The zero-order valence-electron chi connectivity index (χ0n) is 15.9. The lowest BCUT2D eigenvalue weighted by atomic mass is 10.1. The molecular formula is C19H33IN4O2. The molecule has 1 unspecified atom stereocenters. The largest absolute Gasteiger partial charge is 0.469 e. The summed E-state index contributed by atoms with van der Waals surface area (Å²) in [5.74, 6) is 2.79. The number of likely N-dealkylation sites (tertiary alicyclic amines) is 2. The highest BCUT2D eigenvalue weighted by Crippen LogP contribution is 2.20. The Morgan fingerprint density at radius 2 is 2.19 bits per heavy atom. The normalized spacial score (nSPS) is 21.2. The van der Waals surface area contributed by atoms with Crippen LogP contribution in [0, 0.1) is 5.92 Å². The summed E-state index contributed by atoms with van der Waals surface area (Å²) in [7, 11) is 1.72. The van der Waals surface area contributed by atoms with Crippen molar-refractivity contribution in [2.75, 3.05) is 59.5 Å². The van der Waals surface area contributed by atoms with E-state index in [0.29, 0.717) is 13.2 Å². The molecule has 3 heterocycles. The quantitative estimate of drug-likeness (QED) is 0.271. The van der Waals surface area contributed by atoms with Gasteiger partial charge in [0.2, 0.25) is 0 Å². The molecule has 2 aliphatic heterocycles. The van der Waals surface area contributed by atoms with Gasteiger partial charge in [0.15, 0.2) is 5.96 Å². The third-order valence-corrected chi connectivity index (χ3v) is 5.09. The molecule has 0 saturated carbocycles. The number of hydrogen-bond acceptors (Lipinski definition) is 4. The minimum atomic E-state index is 0. The molecule has 0 spiro atoms. The summed E-state index contributed by atoms with van der Waals surface area (Å²) in [6.45, 7) is 8.22. The summed E-state index contributed by atoms with van der Waals surface area (Å²) in [6, 6.07) is 3.96. The molecule has 2 fully saturated rings. The first-order valence-corrected chi connectivity index (χ1v) is 9.62. The Hall–Kier alpha value is -0.800. The van der Waals surface area contributed by atoms with Gasteiger partial charge in [0, 0.05) is 39.7 Å². The lowest BCUT2D eigenvalue weighted by Crippen LogP contribution is -2.41. The summed E-state index contributed by atoms with van der Waals surface area (Å²) >= 11 is 0. The molecule has 7 heteroatoms. The molecule has 1 atom stereocenters. The van der Waals surface area contributed by atoms with E-state index in [1.807, 2.05) is 12.1 Å². The minimum Gasteiger partial charge on any atom is -0.469 e. The molecule has 0 radical (unpaired) electrons. The third kappa shape index (κ3) is 6.74. The second-order valence-electron chi connectivity index (χ2n) is 7.06. The summed E-state index contributed by atoms with van der Waals surface area (Å²) in [6.07, 6.45) is 6.61. The van der Waals surface area contributed by atoms with Gasteiger partial charge in [-0.1, -0.05) is 0 Å². The van der Waals surface area contributed by atoms with E-state index in [1.54, 1.807) is 13.4 Å². The Morgan fingerprint density at radius 1 is 1.35 bits per heavy atom. The number of methoxy groups -OCH3 is 1. The fourth-order valence-electron chi connectivity index (χ4n) is 3.77. The lowest BCUT2D eigenvalue weighted by Gasteiger charge is -2.23. The molecule has 1 aromatic heterocycles. The maximum absolute atomic E-state index is 5.41. The van der Waals surface area contributed by atoms with Crippen molar-refractivity contribution >= 4 is 29.9 Å². The van der Waals surface area contributed by atoms with Gasteiger partial charge in [0.05, 0.1) is 19.4 Å². The first-order valence-electron chi connectivity index (χ1n) is 9.62. The van der Waals surface area contributed by atoms with Gasteiger partial charge in [-0.3, -0.25) is 4.99 Å². The van der Waals surface area contributed by atoms with E-state index < -0.39 is 0 Å². The zero-order valence-corrected chi connectivity index (χ0v) is 18.2. The van der Waals surface area contributed by atoms with Crippen LogP contribution in [0.2, 0.25) is 0 Å². The predicted molar refractivity (Wildman–Crippen MR) is 115 cm³/mol. The van der Waals surface area contributed by atoms with Crippen molar-refractivity contribution in [3.63, 3.8) is 0 Å². The molecule has 2 saturated heterocycles. The van der Waals surface area contributed by atoms with Crippen LogP contribution in [0.4, 0.5) is 0 Å². The molecule has 148 valence electrons. The van der Waals surface area contributed by atoms with Gasteiger partial charge in [-0.15, -0.1) is 24.0 Å². The highest BCUT2D eigenvalue weighted by molar-refractivity contribution is 14.0. The smallest absolute Gasteiger partial charge is 0.194 e. The number of halogens is 1. The van der Waals surface area contributed by atoms with Crippen LogP contribution in [0.15, 0.2) is 27.8 Å². The average Bonchev–Trinajstić information content (AvgIpc) is 3.37. The fraction of sp³-hybridized carbons (Fsp3) is 0.737. The number of rotatable bonds is 8. The van der Waals surface area contributed by atoms with E-state index in [-0.39, 0.29) is 24.0 Å². The number of aliphatic imine (C=N–C) groups is 1. The van der Waals surface area contributed by atoms with Crippen molar-refractivity contribution in [2.45, 2.75) is 25.7 Å². The van der Waals surface area contributed by atoms with Gasteiger partial charge in [-0.2, -0.15) is 0 Å². The van der Waals surface area contributed by atoms with Crippen molar-refractivity contribution in [1.29, 1.82) is 0 Å². The number of guanidine groups is 1. The highest BCUT2D eigenvalue weighted by atomic mass is 127. The Kier molecular flexibility index (Phi) is 9.77. The second kappa shape index (κ2) is 11.8. The van der Waals surface area contributed by atoms with Gasteiger partial charge in [-0.05, 0) is 50.4 Å². The van der Waals surface area contributed by atoms with Gasteiger partial charge in [-0.25, -0.2) is 0 Å². The molecule has 2 aliphatic rings. The van der Waals surface area contributed by atoms with Crippen molar-refractivity contribution in [2.24, 2.45) is 10.9 Å². The summed E-state index contributed by atoms with van der Waals surface area (Å²) in [5, 5.41) is 3.52. The van der Waals surface area contributed by atoms with Gasteiger partial charge in [0.25, 0.3) is 0 Å². The maximum atomic E-state index is 5.41. The molecule has 1 N–H and O–H groups in total. The molecule has 0 aliphatic carbocycles. The van der Waals surface area contributed by atoms with Crippen LogP contribution >= 0.6 is 24.0 Å². The molecule has 1 aromatic rings. The Bertz CT molecular complexity index is 518. The van der Waals surface area contributed by atoms with Crippen molar-refractivity contribution < 1.29 is 9.15 Å². The van der Waals surface area contributed by atoms with Gasteiger partial charge >= 0.3 is 0 Å². The van der Waals surface area contributed by atoms with Gasteiger partial charge < -0.3 is 24.3 Å². The van der Waals surface area contributed by atoms with Crippen LogP contribution in [0.1, 0.15) is 25.0 Å². The van der Waals surface area contributed by atoms with Crippen LogP contribution in [-0.2, 0) is 11.2 Å². The molecule has 0 amide bonds. The van der Waals surface area contributed by atoms with Crippen LogP contribution in [0.25, 0.3) is 0 Å². The van der Waals surface area contributed by atoms with Crippen LogP contribution in [0.3, 0.4) is 0 Å². The Labute approximate surface area is 174 Å². The molecule has 3 rings (SSSR count). The van der Waals surface area contributed by atoms with Gasteiger partial charge in [0.1, 0.15) is 5.76 Å². The molecule has 0 aromatic carbocycles. The maximum Gasteiger partial charge on any atom is 0.194 e. The van der Waals surface area contributed by atoms with E-state index >= 15 is 0 Å². The Morgan fingerprint density at radius 3 is 2.92 bits per heavy atom. The van der Waals surface area contributed by atoms with Crippen molar-refractivity contribution in [3.8, 4) is 0 Å². The molecule has 6 nitrogen and oxygen atoms in total. The molecule has 0 bridgehead atoms. The second-order valence-corrected chi connectivity index (χ2v) is 7.06. The third-order valence-electron chi connectivity index (χ3n) is 5.09. The zero-order chi connectivity index (χ0) is 17.3. The first kappa shape index (κ1) is 21.5. The van der Waals surface area contributed by atoms with Crippen molar-refractivity contribution in [1.82, 2.24) is 15.1 Å². The standard InChI is InChI=1S/C19H32N4O2.HI/c1-24-14-9-21-19(20-8-6-18-5-4-13-25-18)23-12-7-17(16-23)15-22-10-2-3-11-22;/h4-5,13,17H,2-3,6-12,14-16H2,1H3,(H,20,21);1H. The summed E-state index contributed by atoms with van der Waals surface area (Å²) < 4.78 is 10.6. The van der Waals surface area contributed by atoms with E-state index in [9.17, 15) is 0 Å².